The van der Waals surface area contributed by atoms with Gasteiger partial charge in [0.25, 0.3) is 5.91 Å². The molecule has 0 unspecified atom stereocenters. The first-order valence-corrected chi connectivity index (χ1v) is 9.47. The van der Waals surface area contributed by atoms with Gasteiger partial charge in [0.2, 0.25) is 0 Å². The first-order chi connectivity index (χ1) is 13.7. The second kappa shape index (κ2) is 9.60. The zero-order valence-electron chi connectivity index (χ0n) is 16.3. The second-order valence-corrected chi connectivity index (χ2v) is 6.50. The standard InChI is InChI=1S/C24H25NO3/c1-3-19-6-4-5-7-23(19)25-24(26)20-10-14-22(15-11-20)28-17-16-27-21-12-8-18(2)9-13-21/h4-15H,3,16-17H2,1-2H3,(H,25,26). The molecular weight excluding hydrogens is 350 g/mol. The highest BCUT2D eigenvalue weighted by atomic mass is 16.5. The number of benzene rings is 3. The maximum absolute atomic E-state index is 12.5. The Kier molecular flexibility index (Phi) is 6.68. The third-order valence-electron chi connectivity index (χ3n) is 4.40. The molecule has 0 saturated carbocycles. The zero-order valence-corrected chi connectivity index (χ0v) is 16.3. The summed E-state index contributed by atoms with van der Waals surface area (Å²) in [5.74, 6) is 1.40. The Balaban J connectivity index is 1.48. The molecule has 3 aromatic rings. The van der Waals surface area contributed by atoms with Crippen LogP contribution < -0.4 is 14.8 Å². The van der Waals surface area contributed by atoms with Gasteiger partial charge < -0.3 is 14.8 Å². The minimum Gasteiger partial charge on any atom is -0.490 e. The van der Waals surface area contributed by atoms with E-state index in [9.17, 15) is 4.79 Å². The lowest BCUT2D eigenvalue weighted by Crippen LogP contribution is -2.13. The van der Waals surface area contributed by atoms with Gasteiger partial charge in [-0.15, -0.1) is 0 Å². The van der Waals surface area contributed by atoms with E-state index in [-0.39, 0.29) is 5.91 Å². The normalized spacial score (nSPS) is 10.4. The number of anilines is 1. The lowest BCUT2D eigenvalue weighted by Gasteiger charge is -2.11. The van der Waals surface area contributed by atoms with Gasteiger partial charge in [-0.05, 0) is 61.4 Å². The second-order valence-electron chi connectivity index (χ2n) is 6.50. The molecule has 0 bridgehead atoms. The summed E-state index contributed by atoms with van der Waals surface area (Å²) in [6.45, 7) is 5.00. The Labute approximate surface area is 166 Å². The Hall–Kier alpha value is -3.27. The number of aryl methyl sites for hydroxylation is 2. The summed E-state index contributed by atoms with van der Waals surface area (Å²) < 4.78 is 11.3. The van der Waals surface area contributed by atoms with Crippen molar-refractivity contribution in [2.24, 2.45) is 0 Å². The fraction of sp³-hybridized carbons (Fsp3) is 0.208. The van der Waals surface area contributed by atoms with Crippen LogP contribution in [0.25, 0.3) is 0 Å². The molecule has 4 nitrogen and oxygen atoms in total. The van der Waals surface area contributed by atoms with E-state index in [4.69, 9.17) is 9.47 Å². The van der Waals surface area contributed by atoms with Crippen molar-refractivity contribution in [2.45, 2.75) is 20.3 Å². The van der Waals surface area contributed by atoms with E-state index < -0.39 is 0 Å². The van der Waals surface area contributed by atoms with Crippen molar-refractivity contribution < 1.29 is 14.3 Å². The summed E-state index contributed by atoms with van der Waals surface area (Å²) in [5, 5.41) is 2.97. The van der Waals surface area contributed by atoms with Crippen LogP contribution in [0.5, 0.6) is 11.5 Å². The Morgan fingerprint density at radius 1 is 0.821 bits per heavy atom. The number of nitrogens with one attached hydrogen (secondary N) is 1. The fourth-order valence-electron chi connectivity index (χ4n) is 2.80. The van der Waals surface area contributed by atoms with Gasteiger partial charge >= 0.3 is 0 Å². The summed E-state index contributed by atoms with van der Waals surface area (Å²) >= 11 is 0. The highest BCUT2D eigenvalue weighted by Crippen LogP contribution is 2.18. The van der Waals surface area contributed by atoms with Crippen LogP contribution in [0.2, 0.25) is 0 Å². The van der Waals surface area contributed by atoms with Gasteiger partial charge in [0.15, 0.2) is 0 Å². The van der Waals surface area contributed by atoms with E-state index in [1.54, 1.807) is 24.3 Å². The Morgan fingerprint density at radius 3 is 2.00 bits per heavy atom. The molecule has 1 amide bonds. The van der Waals surface area contributed by atoms with Crippen LogP contribution in [-0.2, 0) is 6.42 Å². The molecule has 144 valence electrons. The quantitative estimate of drug-likeness (QED) is 0.546. The first-order valence-electron chi connectivity index (χ1n) is 9.47. The highest BCUT2D eigenvalue weighted by Gasteiger charge is 2.08. The van der Waals surface area contributed by atoms with Crippen LogP contribution in [0.4, 0.5) is 5.69 Å². The molecule has 0 aliphatic carbocycles. The average molecular weight is 375 g/mol. The monoisotopic (exact) mass is 375 g/mol. The molecular formula is C24H25NO3. The van der Waals surface area contributed by atoms with Crippen molar-refractivity contribution in [1.82, 2.24) is 0 Å². The van der Waals surface area contributed by atoms with Gasteiger partial charge in [-0.1, -0.05) is 42.8 Å². The SMILES string of the molecule is CCc1ccccc1NC(=O)c1ccc(OCCOc2ccc(C)cc2)cc1. The molecule has 1 N–H and O–H groups in total. The molecule has 0 radical (unpaired) electrons. The molecule has 3 aromatic carbocycles. The summed E-state index contributed by atoms with van der Waals surface area (Å²) in [6.07, 6.45) is 0.869. The smallest absolute Gasteiger partial charge is 0.255 e. The summed E-state index contributed by atoms with van der Waals surface area (Å²) in [5.41, 5.74) is 3.76. The lowest BCUT2D eigenvalue weighted by atomic mass is 10.1. The molecule has 0 heterocycles. The maximum atomic E-state index is 12.5. The number of para-hydroxylation sites is 1. The molecule has 28 heavy (non-hydrogen) atoms. The number of ether oxygens (including phenoxy) is 2. The third-order valence-corrected chi connectivity index (χ3v) is 4.40. The van der Waals surface area contributed by atoms with Crippen LogP contribution in [0.1, 0.15) is 28.4 Å². The van der Waals surface area contributed by atoms with Crippen LogP contribution >= 0.6 is 0 Å². The average Bonchev–Trinajstić information content (AvgIpc) is 2.73. The van der Waals surface area contributed by atoms with Crippen LogP contribution in [0.15, 0.2) is 72.8 Å². The third kappa shape index (κ3) is 5.36. The van der Waals surface area contributed by atoms with Gasteiger partial charge in [0.05, 0.1) is 0 Å². The van der Waals surface area contributed by atoms with E-state index >= 15 is 0 Å². The number of amides is 1. The van der Waals surface area contributed by atoms with Gasteiger partial charge in [-0.3, -0.25) is 4.79 Å². The van der Waals surface area contributed by atoms with Crippen molar-refractivity contribution in [3.8, 4) is 11.5 Å². The molecule has 0 aliphatic rings. The molecule has 3 rings (SSSR count). The lowest BCUT2D eigenvalue weighted by molar-refractivity contribution is 0.102. The predicted octanol–water partition coefficient (Wildman–Crippen LogP) is 5.27. The van der Waals surface area contributed by atoms with Crippen LogP contribution in [-0.4, -0.2) is 19.1 Å². The minimum absolute atomic E-state index is 0.129. The number of hydrogen-bond acceptors (Lipinski definition) is 3. The van der Waals surface area contributed by atoms with E-state index in [0.29, 0.717) is 24.5 Å². The molecule has 0 aliphatic heterocycles. The van der Waals surface area contributed by atoms with Crippen molar-refractivity contribution in [1.29, 1.82) is 0 Å². The molecule has 0 spiro atoms. The molecule has 0 aromatic heterocycles. The first kappa shape index (κ1) is 19.5. The topological polar surface area (TPSA) is 47.6 Å². The highest BCUT2D eigenvalue weighted by molar-refractivity contribution is 6.04. The molecule has 4 heteroatoms. The molecule has 0 fully saturated rings. The minimum atomic E-state index is -0.129. The summed E-state index contributed by atoms with van der Waals surface area (Å²) in [7, 11) is 0. The largest absolute Gasteiger partial charge is 0.490 e. The van der Waals surface area contributed by atoms with E-state index in [0.717, 1.165) is 23.4 Å². The van der Waals surface area contributed by atoms with Crippen LogP contribution in [0.3, 0.4) is 0 Å². The van der Waals surface area contributed by atoms with E-state index in [1.807, 2.05) is 55.5 Å². The number of carbonyl (C=O) groups excluding carboxylic acids is 1. The van der Waals surface area contributed by atoms with Gasteiger partial charge in [-0.25, -0.2) is 0 Å². The van der Waals surface area contributed by atoms with Crippen molar-refractivity contribution in [3.05, 3.63) is 89.5 Å². The molecule has 0 saturated heterocycles. The van der Waals surface area contributed by atoms with E-state index in [2.05, 4.69) is 12.2 Å². The number of hydrogen-bond donors (Lipinski definition) is 1. The number of carbonyl (C=O) groups is 1. The Morgan fingerprint density at radius 2 is 1.39 bits per heavy atom. The van der Waals surface area contributed by atoms with Crippen molar-refractivity contribution in [2.75, 3.05) is 18.5 Å². The van der Waals surface area contributed by atoms with Crippen LogP contribution in [0, 0.1) is 6.92 Å². The summed E-state index contributed by atoms with van der Waals surface area (Å²) in [6, 6.07) is 22.9. The number of rotatable bonds is 8. The predicted molar refractivity (Wildman–Crippen MR) is 112 cm³/mol. The zero-order chi connectivity index (χ0) is 19.8. The van der Waals surface area contributed by atoms with E-state index in [1.165, 1.54) is 5.56 Å². The molecule has 0 atom stereocenters. The summed E-state index contributed by atoms with van der Waals surface area (Å²) in [4.78, 5) is 12.5. The van der Waals surface area contributed by atoms with Crippen molar-refractivity contribution in [3.63, 3.8) is 0 Å². The van der Waals surface area contributed by atoms with Gasteiger partial charge in [0, 0.05) is 11.3 Å². The Bertz CT molecular complexity index is 902. The van der Waals surface area contributed by atoms with Crippen molar-refractivity contribution >= 4 is 11.6 Å². The fourth-order valence-corrected chi connectivity index (χ4v) is 2.80. The van der Waals surface area contributed by atoms with Gasteiger partial charge in [0.1, 0.15) is 24.7 Å². The van der Waals surface area contributed by atoms with Gasteiger partial charge in [-0.2, -0.15) is 0 Å². The maximum Gasteiger partial charge on any atom is 0.255 e.